The Bertz CT molecular complexity index is 528. The molecule has 0 unspecified atom stereocenters. The van der Waals surface area contributed by atoms with E-state index in [4.69, 9.17) is 4.74 Å². The van der Waals surface area contributed by atoms with Crippen LogP contribution < -0.4 is 0 Å². The molecule has 0 aromatic heterocycles. The summed E-state index contributed by atoms with van der Waals surface area (Å²) in [6, 6.07) is 0. The summed E-state index contributed by atoms with van der Waals surface area (Å²) in [6.45, 7) is 11.4. The molecule has 0 saturated heterocycles. The van der Waals surface area contributed by atoms with Crippen LogP contribution in [0, 0.1) is 0 Å². The minimum absolute atomic E-state index is 0.160. The molecule has 0 spiro atoms. The largest absolute Gasteiger partial charge is 0.465 e. The van der Waals surface area contributed by atoms with Gasteiger partial charge in [0.25, 0.3) is 0 Å². The molecule has 0 amide bonds. The number of esters is 1. The van der Waals surface area contributed by atoms with Crippen LogP contribution in [0.4, 0.5) is 0 Å². The third kappa shape index (κ3) is 6.29. The van der Waals surface area contributed by atoms with Crippen molar-refractivity contribution in [2.75, 3.05) is 7.11 Å². The number of allylic oxidation sites excluding steroid dienone is 3. The number of hydrogen-bond acceptors (Lipinski definition) is 2. The molecule has 3 heteroatoms. The molecule has 0 fully saturated rings. The third-order valence-electron chi connectivity index (χ3n) is 5.19. The Labute approximate surface area is 156 Å². The first-order chi connectivity index (χ1) is 11.9. The lowest BCUT2D eigenvalue weighted by Gasteiger charge is -2.30. The molecule has 0 bridgehead atoms. The van der Waals surface area contributed by atoms with Crippen molar-refractivity contribution < 1.29 is 9.53 Å². The van der Waals surface area contributed by atoms with Crippen LogP contribution in [-0.4, -0.2) is 21.2 Å². The Morgan fingerprint density at radius 2 is 1.56 bits per heavy atom. The van der Waals surface area contributed by atoms with E-state index < -0.39 is 8.07 Å². The molecule has 1 rings (SSSR count). The summed E-state index contributed by atoms with van der Waals surface area (Å²) < 4.78 is 5.14. The molecule has 1 aliphatic rings. The van der Waals surface area contributed by atoms with Crippen molar-refractivity contribution in [3.05, 3.63) is 33.7 Å². The van der Waals surface area contributed by atoms with Gasteiger partial charge in [0.15, 0.2) is 0 Å². The second-order valence-corrected chi connectivity index (χ2v) is 12.1. The maximum absolute atomic E-state index is 12.5. The van der Waals surface area contributed by atoms with Gasteiger partial charge in [0.2, 0.25) is 0 Å². The first-order valence-electron chi connectivity index (χ1n) is 10.2. The van der Waals surface area contributed by atoms with Crippen LogP contribution in [0.1, 0.15) is 78.6 Å². The zero-order valence-corrected chi connectivity index (χ0v) is 18.3. The molecule has 0 aromatic carbocycles. The summed E-state index contributed by atoms with van der Waals surface area (Å²) in [4.78, 5) is 12.5. The van der Waals surface area contributed by atoms with E-state index in [9.17, 15) is 4.79 Å². The van der Waals surface area contributed by atoms with Crippen LogP contribution in [-0.2, 0) is 9.53 Å². The number of carbonyl (C=O) groups excluding carboxylic acids is 1. The van der Waals surface area contributed by atoms with Gasteiger partial charge >= 0.3 is 5.97 Å². The van der Waals surface area contributed by atoms with Crippen LogP contribution >= 0.6 is 0 Å². The zero-order chi connectivity index (χ0) is 18.9. The standard InChI is InChI=1S/C22H38O2Si/c1-7-10-13-18(14-11-8-2)20-16-19(15-12-9-3)25(5,6)17-21(20)22(23)24-4/h16-17H,7-15H2,1-6H3. The summed E-state index contributed by atoms with van der Waals surface area (Å²) >= 11 is 0. The monoisotopic (exact) mass is 362 g/mol. The van der Waals surface area contributed by atoms with Crippen LogP contribution in [0.25, 0.3) is 0 Å². The molecule has 0 atom stereocenters. The van der Waals surface area contributed by atoms with Gasteiger partial charge in [-0.05, 0) is 37.7 Å². The van der Waals surface area contributed by atoms with E-state index in [0.717, 1.165) is 18.4 Å². The van der Waals surface area contributed by atoms with Crippen LogP contribution in [0.15, 0.2) is 33.7 Å². The van der Waals surface area contributed by atoms with Crippen molar-refractivity contribution in [2.45, 2.75) is 91.7 Å². The van der Waals surface area contributed by atoms with Crippen LogP contribution in [0.5, 0.6) is 0 Å². The predicted molar refractivity (Wildman–Crippen MR) is 111 cm³/mol. The Morgan fingerprint density at radius 1 is 1.00 bits per heavy atom. The van der Waals surface area contributed by atoms with Gasteiger partial charge in [0.1, 0.15) is 8.07 Å². The molecule has 25 heavy (non-hydrogen) atoms. The highest BCUT2D eigenvalue weighted by molar-refractivity contribution is 6.89. The number of methoxy groups -OCH3 is 1. The van der Waals surface area contributed by atoms with Crippen molar-refractivity contribution in [2.24, 2.45) is 0 Å². The van der Waals surface area contributed by atoms with Crippen LogP contribution in [0.2, 0.25) is 13.1 Å². The second-order valence-electron chi connectivity index (χ2n) is 7.77. The van der Waals surface area contributed by atoms with Crippen LogP contribution in [0.3, 0.4) is 0 Å². The van der Waals surface area contributed by atoms with E-state index >= 15 is 0 Å². The molecule has 0 N–H and O–H groups in total. The fourth-order valence-electron chi connectivity index (χ4n) is 3.48. The van der Waals surface area contributed by atoms with Gasteiger partial charge in [-0.1, -0.05) is 82.1 Å². The van der Waals surface area contributed by atoms with Crippen molar-refractivity contribution in [3.63, 3.8) is 0 Å². The third-order valence-corrected chi connectivity index (χ3v) is 8.25. The van der Waals surface area contributed by atoms with Gasteiger partial charge in [0.05, 0.1) is 12.7 Å². The summed E-state index contributed by atoms with van der Waals surface area (Å²) in [6.07, 6.45) is 12.9. The molecule has 1 heterocycles. The van der Waals surface area contributed by atoms with Gasteiger partial charge in [-0.15, -0.1) is 0 Å². The lowest BCUT2D eigenvalue weighted by Crippen LogP contribution is -2.32. The Morgan fingerprint density at radius 3 is 2.04 bits per heavy atom. The molecular formula is C22H38O2Si. The van der Waals surface area contributed by atoms with E-state index in [1.807, 2.05) is 0 Å². The van der Waals surface area contributed by atoms with Crippen molar-refractivity contribution in [1.82, 2.24) is 0 Å². The summed E-state index contributed by atoms with van der Waals surface area (Å²) in [5.41, 5.74) is 5.77. The maximum atomic E-state index is 12.5. The SMILES string of the molecule is CCCCC1=CC(=C(CCCC)CCCC)C(C(=O)OC)=C[Si]1(C)C. The molecule has 0 aromatic rings. The van der Waals surface area contributed by atoms with E-state index in [-0.39, 0.29) is 5.97 Å². The highest BCUT2D eigenvalue weighted by atomic mass is 28.3. The van der Waals surface area contributed by atoms with Gasteiger partial charge < -0.3 is 4.74 Å². The highest BCUT2D eigenvalue weighted by Crippen LogP contribution is 2.36. The molecule has 0 aliphatic carbocycles. The number of hydrogen-bond donors (Lipinski definition) is 0. The molecular weight excluding hydrogens is 324 g/mol. The second kappa shape index (κ2) is 10.8. The van der Waals surface area contributed by atoms with E-state index in [1.54, 1.807) is 5.20 Å². The maximum Gasteiger partial charge on any atom is 0.337 e. The predicted octanol–water partition coefficient (Wildman–Crippen LogP) is 6.68. The highest BCUT2D eigenvalue weighted by Gasteiger charge is 2.32. The van der Waals surface area contributed by atoms with E-state index in [2.05, 4.69) is 45.6 Å². The average Bonchev–Trinajstić information content (AvgIpc) is 2.59. The fraction of sp³-hybridized carbons (Fsp3) is 0.682. The van der Waals surface area contributed by atoms with E-state index in [0.29, 0.717) is 0 Å². The molecule has 0 radical (unpaired) electrons. The molecule has 142 valence electrons. The lowest BCUT2D eigenvalue weighted by molar-refractivity contribution is -0.135. The normalized spacial score (nSPS) is 16.3. The Kier molecular flexibility index (Phi) is 9.48. The van der Waals surface area contributed by atoms with Gasteiger partial charge in [0, 0.05) is 0 Å². The van der Waals surface area contributed by atoms with E-state index in [1.165, 1.54) is 63.2 Å². The molecule has 0 saturated carbocycles. The topological polar surface area (TPSA) is 26.3 Å². The van der Waals surface area contributed by atoms with Crippen molar-refractivity contribution in [3.8, 4) is 0 Å². The number of ether oxygens (including phenoxy) is 1. The summed E-state index contributed by atoms with van der Waals surface area (Å²) in [5.74, 6) is -0.160. The fourth-order valence-corrected chi connectivity index (χ4v) is 5.99. The minimum Gasteiger partial charge on any atom is -0.465 e. The molecule has 2 nitrogen and oxygen atoms in total. The number of carbonyl (C=O) groups is 1. The average molecular weight is 363 g/mol. The van der Waals surface area contributed by atoms with Gasteiger partial charge in [-0.2, -0.15) is 0 Å². The first kappa shape index (κ1) is 21.9. The number of unbranched alkanes of at least 4 members (excludes halogenated alkanes) is 3. The van der Waals surface area contributed by atoms with Crippen molar-refractivity contribution in [1.29, 1.82) is 0 Å². The zero-order valence-electron chi connectivity index (χ0n) is 17.3. The summed E-state index contributed by atoms with van der Waals surface area (Å²) in [5, 5.41) is 1.59. The quantitative estimate of drug-likeness (QED) is 0.320. The first-order valence-corrected chi connectivity index (χ1v) is 13.2. The minimum atomic E-state index is -1.69. The Hall–Kier alpha value is -1.09. The van der Waals surface area contributed by atoms with Gasteiger partial charge in [-0.3, -0.25) is 0 Å². The molecule has 1 aliphatic heterocycles. The number of rotatable bonds is 10. The Balaban J connectivity index is 3.39. The summed E-state index contributed by atoms with van der Waals surface area (Å²) in [7, 11) is -0.182. The van der Waals surface area contributed by atoms with Crippen molar-refractivity contribution >= 4 is 14.0 Å². The lowest BCUT2D eigenvalue weighted by atomic mass is 9.92. The smallest absolute Gasteiger partial charge is 0.337 e. The van der Waals surface area contributed by atoms with Gasteiger partial charge in [-0.25, -0.2) is 4.79 Å².